The zero-order valence-electron chi connectivity index (χ0n) is 28.0. The standard InChI is InChI=1S/C35H64N6O2/c1-22(2)9-8-10-23(3)27-14-15-28-26-13-12-24-21-25(16-18-34(24,4)29(26)17-19-35(27,28)5)43-31(42)30(41-33(38)39)11-6-7-20-40-32(36)37/h12,22-23,25-30,33,41H,6-11,13-21,38-39H2,1-5H3,(H4,36,37,40). The minimum atomic E-state index is -0.780. The highest BCUT2D eigenvalue weighted by Crippen LogP contribution is 2.67. The number of carbonyl (C=O) groups is 1. The SMILES string of the molecule is CC(C)CCCC(C)C1CCC2C3CC=C4CC(OC(=O)C(CCCCN=C(N)N)NC(N)N)CCC4(C)C3CCC12C. The van der Waals surface area contributed by atoms with E-state index in [1.807, 2.05) is 0 Å². The predicted molar refractivity (Wildman–Crippen MR) is 177 cm³/mol. The maximum Gasteiger partial charge on any atom is 0.323 e. The molecule has 0 aliphatic heterocycles. The molecular weight excluding hydrogens is 536 g/mol. The van der Waals surface area contributed by atoms with E-state index >= 15 is 0 Å². The molecule has 246 valence electrons. The number of nitrogens with zero attached hydrogens (tertiary/aromatic N) is 1. The quantitative estimate of drug-likeness (QED) is 0.0438. The van der Waals surface area contributed by atoms with Crippen LogP contribution in [0.5, 0.6) is 0 Å². The van der Waals surface area contributed by atoms with Crippen molar-refractivity contribution in [1.29, 1.82) is 0 Å². The molecule has 0 aromatic carbocycles. The van der Waals surface area contributed by atoms with Gasteiger partial charge in [-0.2, -0.15) is 0 Å². The van der Waals surface area contributed by atoms with E-state index in [9.17, 15) is 4.79 Å². The van der Waals surface area contributed by atoms with E-state index < -0.39 is 12.3 Å². The van der Waals surface area contributed by atoms with Gasteiger partial charge in [0, 0.05) is 13.0 Å². The highest BCUT2D eigenvalue weighted by atomic mass is 16.5. The van der Waals surface area contributed by atoms with E-state index in [-0.39, 0.29) is 23.4 Å². The van der Waals surface area contributed by atoms with E-state index in [2.05, 4.69) is 51.0 Å². The molecule has 3 fully saturated rings. The monoisotopic (exact) mass is 601 g/mol. The summed E-state index contributed by atoms with van der Waals surface area (Å²) < 4.78 is 6.13. The summed E-state index contributed by atoms with van der Waals surface area (Å²) in [4.78, 5) is 17.3. The number of aliphatic imine (C=N–C) groups is 1. The number of nitrogens with two attached hydrogens (primary N) is 4. The molecule has 0 aromatic heterocycles. The van der Waals surface area contributed by atoms with Crippen LogP contribution >= 0.6 is 0 Å². The Hall–Kier alpha value is -1.64. The van der Waals surface area contributed by atoms with Crippen LogP contribution in [0.3, 0.4) is 0 Å². The Morgan fingerprint density at radius 1 is 1.00 bits per heavy atom. The fourth-order valence-electron chi connectivity index (χ4n) is 10.2. The Balaban J connectivity index is 1.36. The number of hydrogen-bond donors (Lipinski definition) is 5. The molecule has 0 bridgehead atoms. The van der Waals surface area contributed by atoms with Gasteiger partial charge in [-0.3, -0.25) is 15.1 Å². The maximum atomic E-state index is 13.2. The normalized spacial score (nSPS) is 35.0. The molecule has 9 atom stereocenters. The first kappa shape index (κ1) is 34.2. The second-order valence-electron chi connectivity index (χ2n) is 15.6. The van der Waals surface area contributed by atoms with Crippen molar-refractivity contribution in [1.82, 2.24) is 5.32 Å². The van der Waals surface area contributed by atoms with Crippen molar-refractivity contribution in [3.05, 3.63) is 11.6 Å². The number of rotatable bonds is 14. The first-order chi connectivity index (χ1) is 20.3. The van der Waals surface area contributed by atoms with Crippen LogP contribution in [-0.2, 0) is 9.53 Å². The van der Waals surface area contributed by atoms with Crippen LogP contribution in [0, 0.1) is 46.3 Å². The fraction of sp³-hybridized carbons (Fsp3) is 0.886. The summed E-state index contributed by atoms with van der Waals surface area (Å²) in [6.07, 6.45) is 17.6. The minimum absolute atomic E-state index is 0.0836. The van der Waals surface area contributed by atoms with E-state index in [1.165, 1.54) is 56.9 Å². The van der Waals surface area contributed by atoms with Gasteiger partial charge in [0.2, 0.25) is 0 Å². The molecule has 4 rings (SSSR count). The van der Waals surface area contributed by atoms with Crippen LogP contribution in [0.2, 0.25) is 0 Å². The molecule has 0 radical (unpaired) electrons. The average molecular weight is 601 g/mol. The van der Waals surface area contributed by atoms with Crippen molar-refractivity contribution >= 4 is 11.9 Å². The lowest BCUT2D eigenvalue weighted by Gasteiger charge is -2.58. The molecule has 3 saturated carbocycles. The number of unbranched alkanes of at least 4 members (excludes halogenated alkanes) is 1. The lowest BCUT2D eigenvalue weighted by Crippen LogP contribution is -2.54. The molecule has 4 aliphatic rings. The Labute approximate surface area is 262 Å². The van der Waals surface area contributed by atoms with Gasteiger partial charge < -0.3 is 27.7 Å². The maximum absolute atomic E-state index is 13.2. The number of carbonyl (C=O) groups excluding carboxylic acids is 1. The summed E-state index contributed by atoms with van der Waals surface area (Å²) in [6.45, 7) is 13.0. The Bertz CT molecular complexity index is 993. The second kappa shape index (κ2) is 14.6. The molecule has 0 spiro atoms. The molecule has 9 unspecified atom stereocenters. The minimum Gasteiger partial charge on any atom is -0.461 e. The van der Waals surface area contributed by atoms with Crippen LogP contribution < -0.4 is 28.3 Å². The van der Waals surface area contributed by atoms with Crippen LogP contribution in [-0.4, -0.2) is 36.9 Å². The molecule has 8 nitrogen and oxygen atoms in total. The number of esters is 1. The summed E-state index contributed by atoms with van der Waals surface area (Å²) in [7, 11) is 0. The number of fused-ring (bicyclic) bond motifs is 5. The fourth-order valence-corrected chi connectivity index (χ4v) is 10.2. The van der Waals surface area contributed by atoms with E-state index in [0.717, 1.165) is 67.6 Å². The van der Waals surface area contributed by atoms with Gasteiger partial charge in [0.25, 0.3) is 0 Å². The zero-order chi connectivity index (χ0) is 31.4. The predicted octanol–water partition coefficient (Wildman–Crippen LogP) is 5.54. The van der Waals surface area contributed by atoms with Crippen LogP contribution in [0.1, 0.15) is 125 Å². The molecule has 4 aliphatic carbocycles. The van der Waals surface area contributed by atoms with E-state index in [4.69, 9.17) is 27.7 Å². The van der Waals surface area contributed by atoms with E-state index in [1.54, 1.807) is 0 Å². The molecule has 8 heteroatoms. The molecule has 0 saturated heterocycles. The largest absolute Gasteiger partial charge is 0.461 e. The van der Waals surface area contributed by atoms with Crippen molar-refractivity contribution < 1.29 is 9.53 Å². The third kappa shape index (κ3) is 7.96. The lowest BCUT2D eigenvalue weighted by atomic mass is 9.47. The van der Waals surface area contributed by atoms with E-state index in [0.29, 0.717) is 18.4 Å². The molecule has 43 heavy (non-hydrogen) atoms. The number of nitrogens with one attached hydrogen (secondary N) is 1. The highest BCUT2D eigenvalue weighted by Gasteiger charge is 2.59. The summed E-state index contributed by atoms with van der Waals surface area (Å²) in [5, 5.41) is 3.00. The van der Waals surface area contributed by atoms with Gasteiger partial charge in [-0.1, -0.05) is 65.5 Å². The second-order valence-corrected chi connectivity index (χ2v) is 15.6. The third-order valence-electron chi connectivity index (χ3n) is 12.4. The Morgan fingerprint density at radius 2 is 1.77 bits per heavy atom. The third-order valence-corrected chi connectivity index (χ3v) is 12.4. The Kier molecular flexibility index (Phi) is 11.7. The zero-order valence-corrected chi connectivity index (χ0v) is 28.0. The van der Waals surface area contributed by atoms with Crippen molar-refractivity contribution in [3.8, 4) is 0 Å². The van der Waals surface area contributed by atoms with Gasteiger partial charge in [-0.05, 0) is 111 Å². The van der Waals surface area contributed by atoms with Gasteiger partial charge in [0.15, 0.2) is 5.96 Å². The van der Waals surface area contributed by atoms with Crippen molar-refractivity contribution in [3.63, 3.8) is 0 Å². The number of guanidine groups is 1. The van der Waals surface area contributed by atoms with Crippen molar-refractivity contribution in [2.45, 2.75) is 143 Å². The Morgan fingerprint density at radius 3 is 2.47 bits per heavy atom. The molecule has 9 N–H and O–H groups in total. The van der Waals surface area contributed by atoms with Gasteiger partial charge >= 0.3 is 5.97 Å². The molecular formula is C35H64N6O2. The van der Waals surface area contributed by atoms with Gasteiger partial charge in [-0.25, -0.2) is 0 Å². The molecule has 0 amide bonds. The highest BCUT2D eigenvalue weighted by molar-refractivity contribution is 5.76. The smallest absolute Gasteiger partial charge is 0.323 e. The average Bonchev–Trinajstić information content (AvgIpc) is 3.29. The molecule has 0 aromatic rings. The first-order valence-corrected chi connectivity index (χ1v) is 17.6. The van der Waals surface area contributed by atoms with Crippen LogP contribution in [0.25, 0.3) is 0 Å². The van der Waals surface area contributed by atoms with Crippen LogP contribution in [0.15, 0.2) is 16.6 Å². The number of ether oxygens (including phenoxy) is 1. The van der Waals surface area contributed by atoms with Crippen molar-refractivity contribution in [2.24, 2.45) is 74.3 Å². The van der Waals surface area contributed by atoms with Crippen molar-refractivity contribution in [2.75, 3.05) is 6.54 Å². The summed E-state index contributed by atoms with van der Waals surface area (Å²) >= 11 is 0. The summed E-state index contributed by atoms with van der Waals surface area (Å²) in [6, 6.07) is -0.531. The van der Waals surface area contributed by atoms with Crippen LogP contribution in [0.4, 0.5) is 0 Å². The van der Waals surface area contributed by atoms with Gasteiger partial charge in [-0.15, -0.1) is 0 Å². The van der Waals surface area contributed by atoms with Gasteiger partial charge in [0.1, 0.15) is 18.4 Å². The summed E-state index contributed by atoms with van der Waals surface area (Å²) in [5.41, 5.74) is 24.7. The molecule has 0 heterocycles. The lowest BCUT2D eigenvalue weighted by molar-refractivity contribution is -0.154. The topological polar surface area (TPSA) is 155 Å². The summed E-state index contributed by atoms with van der Waals surface area (Å²) in [5.74, 6) is 4.78. The number of allylic oxidation sites excluding steroid dienone is 1. The van der Waals surface area contributed by atoms with Gasteiger partial charge in [0.05, 0.1) is 0 Å². The first-order valence-electron chi connectivity index (χ1n) is 17.6. The number of hydrogen-bond acceptors (Lipinski definition) is 6.